The fourth-order valence-corrected chi connectivity index (χ4v) is 3.41. The summed E-state index contributed by atoms with van der Waals surface area (Å²) in [6.07, 6.45) is 8.52. The Bertz CT molecular complexity index is 474. The molecule has 4 rings (SSSR count). The van der Waals surface area contributed by atoms with Gasteiger partial charge in [0.15, 0.2) is 0 Å². The quantitative estimate of drug-likeness (QED) is 0.511. The highest BCUT2D eigenvalue weighted by Crippen LogP contribution is 2.55. The van der Waals surface area contributed by atoms with Gasteiger partial charge in [-0.15, -0.1) is 0 Å². The van der Waals surface area contributed by atoms with Crippen LogP contribution in [0.5, 0.6) is 0 Å². The molecule has 4 aliphatic rings. The van der Waals surface area contributed by atoms with Gasteiger partial charge in [0.2, 0.25) is 0 Å². The van der Waals surface area contributed by atoms with Crippen LogP contribution in [0.1, 0.15) is 27.2 Å². The zero-order valence-electron chi connectivity index (χ0n) is 10.6. The van der Waals surface area contributed by atoms with Crippen molar-refractivity contribution >= 4 is 6.29 Å². The highest BCUT2D eigenvalue weighted by molar-refractivity contribution is 5.83. The van der Waals surface area contributed by atoms with Crippen molar-refractivity contribution in [2.24, 2.45) is 11.3 Å². The molecule has 0 N–H and O–H groups in total. The minimum Gasteiger partial charge on any atom is -0.357 e. The van der Waals surface area contributed by atoms with Gasteiger partial charge in [-0.25, -0.2) is 0 Å². The molecule has 2 bridgehead atoms. The van der Waals surface area contributed by atoms with Crippen LogP contribution in [-0.2, 0) is 9.53 Å². The molecule has 2 heteroatoms. The van der Waals surface area contributed by atoms with Crippen molar-refractivity contribution in [1.29, 1.82) is 0 Å². The molecule has 0 aromatic carbocycles. The zero-order chi connectivity index (χ0) is 12.3. The maximum atomic E-state index is 11.4. The van der Waals surface area contributed by atoms with Crippen molar-refractivity contribution in [2.45, 2.75) is 32.8 Å². The molecule has 1 heterocycles. The van der Waals surface area contributed by atoms with Gasteiger partial charge in [0.25, 0.3) is 0 Å². The largest absolute Gasteiger partial charge is 0.357 e. The van der Waals surface area contributed by atoms with Crippen molar-refractivity contribution in [2.75, 3.05) is 6.61 Å². The first kappa shape index (κ1) is 11.0. The van der Waals surface area contributed by atoms with E-state index in [4.69, 9.17) is 4.74 Å². The van der Waals surface area contributed by atoms with E-state index in [0.717, 1.165) is 18.3 Å². The van der Waals surface area contributed by atoms with Crippen molar-refractivity contribution in [3.8, 4) is 0 Å². The van der Waals surface area contributed by atoms with E-state index in [-0.39, 0.29) is 5.41 Å². The van der Waals surface area contributed by atoms with E-state index in [0.29, 0.717) is 12.5 Å². The molecule has 90 valence electrons. The summed E-state index contributed by atoms with van der Waals surface area (Å²) in [5, 5.41) is 0. The van der Waals surface area contributed by atoms with E-state index >= 15 is 0 Å². The number of rotatable bonds is 1. The first-order valence-electron chi connectivity index (χ1n) is 6.22. The summed E-state index contributed by atoms with van der Waals surface area (Å²) in [4.78, 5) is 11.4. The van der Waals surface area contributed by atoms with Crippen LogP contribution in [0.25, 0.3) is 0 Å². The van der Waals surface area contributed by atoms with E-state index in [1.807, 2.05) is 0 Å². The monoisotopic (exact) mass is 230 g/mol. The molecule has 2 unspecified atom stereocenters. The Hall–Kier alpha value is -1.15. The standard InChI is InChI=1S/C15H18O2/c1-14(2,3)13-8-10-6-11-4-5-17-15(11,13)12(7-10)9-16/h4,7-10H,5-6H2,1-3H3. The molecule has 0 aromatic rings. The van der Waals surface area contributed by atoms with Crippen LogP contribution in [0.2, 0.25) is 0 Å². The lowest BCUT2D eigenvalue weighted by Crippen LogP contribution is -2.47. The molecule has 0 saturated heterocycles. The first-order valence-corrected chi connectivity index (χ1v) is 6.22. The Kier molecular flexibility index (Phi) is 2.06. The Morgan fingerprint density at radius 3 is 2.82 bits per heavy atom. The minimum absolute atomic E-state index is 0.0324. The van der Waals surface area contributed by atoms with Gasteiger partial charge in [-0.3, -0.25) is 4.79 Å². The van der Waals surface area contributed by atoms with Crippen LogP contribution in [-0.4, -0.2) is 18.5 Å². The van der Waals surface area contributed by atoms with Crippen LogP contribution in [0.3, 0.4) is 0 Å². The highest BCUT2D eigenvalue weighted by atomic mass is 16.5. The molecule has 0 aromatic heterocycles. The smallest absolute Gasteiger partial charge is 0.149 e. The minimum atomic E-state index is -0.519. The zero-order valence-corrected chi connectivity index (χ0v) is 10.6. The Morgan fingerprint density at radius 1 is 1.41 bits per heavy atom. The first-order chi connectivity index (χ1) is 7.98. The van der Waals surface area contributed by atoms with E-state index in [1.54, 1.807) is 0 Å². The average Bonchev–Trinajstić information content (AvgIpc) is 2.69. The van der Waals surface area contributed by atoms with Gasteiger partial charge in [0.1, 0.15) is 11.9 Å². The number of carbonyl (C=O) groups is 1. The molecule has 2 atom stereocenters. The normalized spacial score (nSPS) is 35.0. The molecule has 1 aliphatic heterocycles. The van der Waals surface area contributed by atoms with Crippen molar-refractivity contribution in [3.63, 3.8) is 0 Å². The van der Waals surface area contributed by atoms with Crippen LogP contribution >= 0.6 is 0 Å². The maximum Gasteiger partial charge on any atom is 0.149 e. The Balaban J connectivity index is 2.22. The maximum absolute atomic E-state index is 11.4. The average molecular weight is 230 g/mol. The number of allylic oxidation sites excluding steroid dienone is 2. The third-order valence-electron chi connectivity index (χ3n) is 4.03. The van der Waals surface area contributed by atoms with Crippen LogP contribution in [0.4, 0.5) is 0 Å². The topological polar surface area (TPSA) is 26.3 Å². The molecule has 0 saturated carbocycles. The third-order valence-corrected chi connectivity index (χ3v) is 4.03. The van der Waals surface area contributed by atoms with Gasteiger partial charge < -0.3 is 4.74 Å². The molecule has 2 nitrogen and oxygen atoms in total. The summed E-state index contributed by atoms with van der Waals surface area (Å²) in [5.74, 6) is 0.374. The molecule has 3 aliphatic carbocycles. The van der Waals surface area contributed by atoms with Gasteiger partial charge in [0, 0.05) is 5.57 Å². The fraction of sp³-hybridized carbons (Fsp3) is 0.533. The van der Waals surface area contributed by atoms with E-state index in [9.17, 15) is 4.79 Å². The molecular weight excluding hydrogens is 212 g/mol. The van der Waals surface area contributed by atoms with Crippen LogP contribution < -0.4 is 0 Å². The second-order valence-electron chi connectivity index (χ2n) is 6.16. The summed E-state index contributed by atoms with van der Waals surface area (Å²) in [6, 6.07) is 0. The number of hydrogen-bond donors (Lipinski definition) is 0. The number of ether oxygens (including phenoxy) is 1. The van der Waals surface area contributed by atoms with Gasteiger partial charge in [0.05, 0.1) is 6.61 Å². The molecule has 1 spiro atoms. The number of carbonyl (C=O) groups excluding carboxylic acids is 1. The Labute approximate surface area is 102 Å². The number of hydrogen-bond acceptors (Lipinski definition) is 2. The summed E-state index contributed by atoms with van der Waals surface area (Å²) in [7, 11) is 0. The molecule has 0 radical (unpaired) electrons. The molecular formula is C15H18O2. The van der Waals surface area contributed by atoms with Crippen LogP contribution in [0.15, 0.2) is 34.9 Å². The lowest BCUT2D eigenvalue weighted by Gasteiger charge is -2.48. The second kappa shape index (κ2) is 3.20. The predicted molar refractivity (Wildman–Crippen MR) is 66.6 cm³/mol. The van der Waals surface area contributed by atoms with Gasteiger partial charge in [-0.05, 0) is 28.9 Å². The molecule has 17 heavy (non-hydrogen) atoms. The highest BCUT2D eigenvalue weighted by Gasteiger charge is 2.53. The molecule has 0 amide bonds. The van der Waals surface area contributed by atoms with E-state index in [1.165, 1.54) is 11.1 Å². The number of aldehydes is 1. The predicted octanol–water partition coefficient (Wildman–Crippen LogP) is 2.81. The molecule has 0 fully saturated rings. The van der Waals surface area contributed by atoms with Crippen molar-refractivity contribution in [1.82, 2.24) is 0 Å². The van der Waals surface area contributed by atoms with Crippen molar-refractivity contribution in [3.05, 3.63) is 34.9 Å². The van der Waals surface area contributed by atoms with Crippen molar-refractivity contribution < 1.29 is 9.53 Å². The summed E-state index contributed by atoms with van der Waals surface area (Å²) >= 11 is 0. The van der Waals surface area contributed by atoms with Crippen LogP contribution in [0, 0.1) is 11.3 Å². The van der Waals surface area contributed by atoms with E-state index in [2.05, 4.69) is 39.0 Å². The lowest BCUT2D eigenvalue weighted by atomic mass is 9.60. The summed E-state index contributed by atoms with van der Waals surface area (Å²) < 4.78 is 6.01. The van der Waals surface area contributed by atoms with Gasteiger partial charge in [-0.2, -0.15) is 0 Å². The van der Waals surface area contributed by atoms with Gasteiger partial charge in [-0.1, -0.05) is 39.0 Å². The summed E-state index contributed by atoms with van der Waals surface area (Å²) in [5.41, 5.74) is 2.87. The van der Waals surface area contributed by atoms with E-state index < -0.39 is 5.60 Å². The SMILES string of the molecule is CC(C)(C)C1=CC2C=C(C=O)C13OCC=C3C2. The summed E-state index contributed by atoms with van der Waals surface area (Å²) in [6.45, 7) is 7.20. The van der Waals surface area contributed by atoms with Gasteiger partial charge >= 0.3 is 0 Å². The Morgan fingerprint density at radius 2 is 2.18 bits per heavy atom. The fourth-order valence-electron chi connectivity index (χ4n) is 3.41. The third kappa shape index (κ3) is 1.28. The lowest BCUT2D eigenvalue weighted by molar-refractivity contribution is -0.106. The second-order valence-corrected chi connectivity index (χ2v) is 6.16.